The maximum Gasteiger partial charge on any atom is 0.223 e. The van der Waals surface area contributed by atoms with Crippen molar-refractivity contribution in [2.45, 2.75) is 44.2 Å². The second kappa shape index (κ2) is 5.87. The van der Waals surface area contributed by atoms with Crippen molar-refractivity contribution in [2.24, 2.45) is 11.7 Å². The summed E-state index contributed by atoms with van der Waals surface area (Å²) in [5.41, 5.74) is 7.75. The average molecular weight is 325 g/mol. The van der Waals surface area contributed by atoms with Gasteiger partial charge >= 0.3 is 0 Å². The van der Waals surface area contributed by atoms with E-state index in [1.165, 1.54) is 0 Å². The molecule has 4 rings (SSSR count). The highest BCUT2D eigenvalue weighted by Gasteiger charge is 2.42. The summed E-state index contributed by atoms with van der Waals surface area (Å²) in [5, 5.41) is 14.9. The van der Waals surface area contributed by atoms with Crippen LogP contribution in [0.3, 0.4) is 0 Å². The number of nitriles is 1. The highest BCUT2D eigenvalue weighted by Crippen LogP contribution is 2.48. The van der Waals surface area contributed by atoms with Crippen molar-refractivity contribution in [1.82, 2.24) is 14.8 Å². The molecule has 7 heteroatoms. The Kier molecular flexibility index (Phi) is 3.69. The lowest BCUT2D eigenvalue weighted by Crippen LogP contribution is -2.19. The zero-order valence-corrected chi connectivity index (χ0v) is 13.3. The standard InChI is InChI=1S/C17H19N5O2/c18-8-10-5-12(10)17-13-9-20-11(7-15(19)23)6-14(13)22(21-17)16-3-1-2-4-24-16/h6,9-10,12,16H,1-5,7H2,(H2,19,23). The number of rotatable bonds is 4. The Hall–Kier alpha value is -2.46. The summed E-state index contributed by atoms with van der Waals surface area (Å²) in [5.74, 6) is -0.200. The summed E-state index contributed by atoms with van der Waals surface area (Å²) in [6.07, 6.45) is 5.68. The molecule has 1 saturated carbocycles. The molecular formula is C17H19N5O2. The predicted octanol–water partition coefficient (Wildman–Crippen LogP) is 1.79. The molecule has 3 unspecified atom stereocenters. The monoisotopic (exact) mass is 325 g/mol. The van der Waals surface area contributed by atoms with Crippen LogP contribution in [0.2, 0.25) is 0 Å². The molecule has 2 fully saturated rings. The van der Waals surface area contributed by atoms with Gasteiger partial charge in [0.2, 0.25) is 5.91 Å². The molecule has 2 N–H and O–H groups in total. The zero-order valence-electron chi connectivity index (χ0n) is 13.3. The Morgan fingerprint density at radius 2 is 2.38 bits per heavy atom. The van der Waals surface area contributed by atoms with Crippen LogP contribution in [-0.2, 0) is 16.0 Å². The van der Waals surface area contributed by atoms with Crippen molar-refractivity contribution in [3.05, 3.63) is 23.7 Å². The lowest BCUT2D eigenvalue weighted by Gasteiger charge is -2.23. The second-order valence-corrected chi connectivity index (χ2v) is 6.56. The highest BCUT2D eigenvalue weighted by atomic mass is 16.5. The molecule has 2 aromatic heterocycles. The number of carbonyl (C=O) groups is 1. The number of hydrogen-bond donors (Lipinski definition) is 1. The van der Waals surface area contributed by atoms with E-state index < -0.39 is 5.91 Å². The summed E-state index contributed by atoms with van der Waals surface area (Å²) in [6, 6.07) is 4.19. The zero-order chi connectivity index (χ0) is 16.7. The SMILES string of the molecule is N#CC1CC1c1nn(C2CCCCO2)c2cc(CC(N)=O)ncc12. The van der Waals surface area contributed by atoms with E-state index in [-0.39, 0.29) is 24.5 Å². The normalized spacial score (nSPS) is 26.2. The molecule has 2 aliphatic rings. The van der Waals surface area contributed by atoms with Crippen molar-refractivity contribution in [1.29, 1.82) is 5.26 Å². The topological polar surface area (TPSA) is 107 Å². The van der Waals surface area contributed by atoms with Crippen molar-refractivity contribution < 1.29 is 9.53 Å². The van der Waals surface area contributed by atoms with Crippen LogP contribution >= 0.6 is 0 Å². The first-order chi connectivity index (χ1) is 11.7. The first kappa shape index (κ1) is 15.1. The molecule has 0 bridgehead atoms. The molecule has 3 atom stereocenters. The maximum absolute atomic E-state index is 11.2. The first-order valence-corrected chi connectivity index (χ1v) is 8.34. The first-order valence-electron chi connectivity index (χ1n) is 8.34. The number of primary amides is 1. The number of ether oxygens (including phenoxy) is 1. The minimum Gasteiger partial charge on any atom is -0.369 e. The average Bonchev–Trinajstić information content (AvgIpc) is 3.28. The summed E-state index contributed by atoms with van der Waals surface area (Å²) >= 11 is 0. The minimum atomic E-state index is -0.409. The van der Waals surface area contributed by atoms with Crippen LogP contribution in [0.4, 0.5) is 0 Å². The van der Waals surface area contributed by atoms with Gasteiger partial charge in [-0.3, -0.25) is 9.78 Å². The fourth-order valence-electron chi connectivity index (χ4n) is 3.42. The fraction of sp³-hybridized carbons (Fsp3) is 0.529. The Morgan fingerprint density at radius 1 is 1.50 bits per heavy atom. The molecule has 0 radical (unpaired) electrons. The Bertz CT molecular complexity index is 831. The van der Waals surface area contributed by atoms with Gasteiger partial charge in [-0.25, -0.2) is 4.68 Å². The van der Waals surface area contributed by atoms with Crippen molar-refractivity contribution >= 4 is 16.8 Å². The van der Waals surface area contributed by atoms with E-state index in [1.807, 2.05) is 10.7 Å². The van der Waals surface area contributed by atoms with Gasteiger partial charge in [-0.2, -0.15) is 10.4 Å². The van der Waals surface area contributed by atoms with E-state index in [2.05, 4.69) is 11.1 Å². The van der Waals surface area contributed by atoms with Gasteiger partial charge < -0.3 is 10.5 Å². The van der Waals surface area contributed by atoms with Crippen LogP contribution < -0.4 is 5.73 Å². The molecule has 0 aromatic carbocycles. The van der Waals surface area contributed by atoms with Crippen molar-refractivity contribution in [3.63, 3.8) is 0 Å². The molecule has 1 aliphatic heterocycles. The molecule has 2 aromatic rings. The van der Waals surface area contributed by atoms with Gasteiger partial charge in [0.15, 0.2) is 6.23 Å². The summed E-state index contributed by atoms with van der Waals surface area (Å²) in [6.45, 7) is 0.727. The molecule has 1 saturated heterocycles. The van der Waals surface area contributed by atoms with Gasteiger partial charge in [-0.05, 0) is 31.7 Å². The third kappa shape index (κ3) is 2.63. The third-order valence-electron chi connectivity index (χ3n) is 4.77. The lowest BCUT2D eigenvalue weighted by molar-refractivity contribution is -0.117. The molecule has 1 amide bonds. The van der Waals surface area contributed by atoms with Crippen LogP contribution in [-0.4, -0.2) is 27.3 Å². The molecule has 0 spiro atoms. The smallest absolute Gasteiger partial charge is 0.223 e. The largest absolute Gasteiger partial charge is 0.369 e. The van der Waals surface area contributed by atoms with E-state index in [9.17, 15) is 4.79 Å². The molecular weight excluding hydrogens is 306 g/mol. The maximum atomic E-state index is 11.2. The number of nitrogens with zero attached hydrogens (tertiary/aromatic N) is 4. The third-order valence-corrected chi connectivity index (χ3v) is 4.77. The van der Waals surface area contributed by atoms with Gasteiger partial charge in [-0.15, -0.1) is 0 Å². The Morgan fingerprint density at radius 3 is 3.04 bits per heavy atom. The van der Waals surface area contributed by atoms with E-state index in [0.717, 1.165) is 48.9 Å². The van der Waals surface area contributed by atoms with Crippen molar-refractivity contribution in [3.8, 4) is 6.07 Å². The quantitative estimate of drug-likeness (QED) is 0.922. The number of nitrogens with two attached hydrogens (primary N) is 1. The fourth-order valence-corrected chi connectivity index (χ4v) is 3.42. The van der Waals surface area contributed by atoms with Crippen LogP contribution in [0.5, 0.6) is 0 Å². The van der Waals surface area contributed by atoms with E-state index in [4.69, 9.17) is 20.8 Å². The molecule has 7 nitrogen and oxygen atoms in total. The summed E-state index contributed by atoms with van der Waals surface area (Å²) < 4.78 is 7.79. The summed E-state index contributed by atoms with van der Waals surface area (Å²) in [4.78, 5) is 15.5. The molecule has 24 heavy (non-hydrogen) atoms. The van der Waals surface area contributed by atoms with Gasteiger partial charge in [0.05, 0.1) is 35.3 Å². The van der Waals surface area contributed by atoms with Gasteiger partial charge in [-0.1, -0.05) is 0 Å². The van der Waals surface area contributed by atoms with Crippen LogP contribution in [0.25, 0.3) is 10.9 Å². The molecule has 124 valence electrons. The number of aromatic nitrogens is 3. The number of carbonyl (C=O) groups excluding carboxylic acids is 1. The Labute approximate surface area is 139 Å². The van der Waals surface area contributed by atoms with Crippen LogP contribution in [0.1, 0.15) is 49.2 Å². The Balaban J connectivity index is 1.79. The van der Waals surface area contributed by atoms with E-state index in [1.54, 1.807) is 6.20 Å². The lowest BCUT2D eigenvalue weighted by atomic mass is 10.1. The van der Waals surface area contributed by atoms with Crippen molar-refractivity contribution in [2.75, 3.05) is 6.61 Å². The second-order valence-electron chi connectivity index (χ2n) is 6.56. The summed E-state index contributed by atoms with van der Waals surface area (Å²) in [7, 11) is 0. The predicted molar refractivity (Wildman–Crippen MR) is 85.7 cm³/mol. The van der Waals surface area contributed by atoms with Gasteiger partial charge in [0.1, 0.15) is 0 Å². The number of pyridine rings is 1. The highest BCUT2D eigenvalue weighted by molar-refractivity contribution is 5.84. The van der Waals surface area contributed by atoms with Crippen LogP contribution in [0.15, 0.2) is 12.3 Å². The molecule has 1 aliphatic carbocycles. The number of amides is 1. The van der Waals surface area contributed by atoms with Crippen LogP contribution in [0, 0.1) is 17.2 Å². The number of fused-ring (bicyclic) bond motifs is 1. The molecule has 3 heterocycles. The van der Waals surface area contributed by atoms with E-state index >= 15 is 0 Å². The minimum absolute atomic E-state index is 0.0362. The van der Waals surface area contributed by atoms with Gasteiger partial charge in [0.25, 0.3) is 0 Å². The number of hydrogen-bond acceptors (Lipinski definition) is 5. The van der Waals surface area contributed by atoms with E-state index in [0.29, 0.717) is 5.69 Å². The van der Waals surface area contributed by atoms with Gasteiger partial charge in [0, 0.05) is 24.1 Å².